The van der Waals surface area contributed by atoms with Crippen LogP contribution in [0.5, 0.6) is 5.75 Å². The summed E-state index contributed by atoms with van der Waals surface area (Å²) in [6, 6.07) is 17.3. The van der Waals surface area contributed by atoms with Crippen molar-refractivity contribution in [1.82, 2.24) is 10.0 Å². The molecule has 3 aromatic rings. The summed E-state index contributed by atoms with van der Waals surface area (Å²) in [5.41, 5.74) is 1.47. The minimum Gasteiger partial charge on any atom is -0.495 e. The maximum Gasteiger partial charge on any atom is 0.241 e. The van der Waals surface area contributed by atoms with E-state index in [1.165, 1.54) is 37.4 Å². The van der Waals surface area contributed by atoms with Gasteiger partial charge in [0.05, 0.1) is 23.1 Å². The molecule has 3 rings (SSSR count). The highest BCUT2D eigenvalue weighted by Gasteiger charge is 2.27. The molecule has 2 atom stereocenters. The number of benzene rings is 3. The van der Waals surface area contributed by atoms with Crippen LogP contribution in [0.4, 0.5) is 4.39 Å². The second kappa shape index (κ2) is 10.8. The lowest BCUT2D eigenvalue weighted by molar-refractivity contribution is -0.123. The number of nitrogens with one attached hydrogen (secondary N) is 2. The first-order chi connectivity index (χ1) is 15.7. The number of sulfonamides is 1. The van der Waals surface area contributed by atoms with Gasteiger partial charge in [-0.1, -0.05) is 54.1 Å². The minimum absolute atomic E-state index is 0.0919. The van der Waals surface area contributed by atoms with E-state index in [-0.39, 0.29) is 22.2 Å². The van der Waals surface area contributed by atoms with E-state index in [0.29, 0.717) is 11.3 Å². The molecule has 0 bridgehead atoms. The van der Waals surface area contributed by atoms with Crippen molar-refractivity contribution in [1.29, 1.82) is 0 Å². The van der Waals surface area contributed by atoms with Gasteiger partial charge in [-0.3, -0.25) is 4.79 Å². The zero-order valence-corrected chi connectivity index (χ0v) is 19.7. The SMILES string of the molecule is COc1ccc(S(=O)(=O)N[C@H](Cc2ccccc2)C(=O)N[C@@H](C)c2ccc(F)cc2)cc1Cl. The molecule has 0 heterocycles. The average Bonchev–Trinajstić information content (AvgIpc) is 2.79. The molecule has 1 amide bonds. The van der Waals surface area contributed by atoms with Crippen molar-refractivity contribution >= 4 is 27.5 Å². The fourth-order valence-corrected chi connectivity index (χ4v) is 4.80. The lowest BCUT2D eigenvalue weighted by Gasteiger charge is -2.22. The van der Waals surface area contributed by atoms with Crippen LogP contribution in [0.2, 0.25) is 5.02 Å². The molecule has 0 spiro atoms. The number of hydrogen-bond donors (Lipinski definition) is 2. The predicted molar refractivity (Wildman–Crippen MR) is 125 cm³/mol. The monoisotopic (exact) mass is 490 g/mol. The van der Waals surface area contributed by atoms with Crippen LogP contribution in [-0.2, 0) is 21.2 Å². The molecule has 0 unspecified atom stereocenters. The first-order valence-corrected chi connectivity index (χ1v) is 12.0. The fraction of sp³-hybridized carbons (Fsp3) is 0.208. The summed E-state index contributed by atoms with van der Waals surface area (Å²) in [6.07, 6.45) is 0.131. The predicted octanol–water partition coefficient (Wildman–Crippen LogP) is 4.25. The second-order valence-corrected chi connectivity index (χ2v) is 9.56. The molecule has 0 saturated carbocycles. The summed E-state index contributed by atoms with van der Waals surface area (Å²) < 4.78 is 46.9. The molecule has 0 aliphatic carbocycles. The van der Waals surface area contributed by atoms with Crippen molar-refractivity contribution < 1.29 is 22.3 Å². The molecule has 2 N–H and O–H groups in total. The molecule has 3 aromatic carbocycles. The molecule has 0 radical (unpaired) electrons. The van der Waals surface area contributed by atoms with Gasteiger partial charge in [0.1, 0.15) is 17.6 Å². The van der Waals surface area contributed by atoms with Crippen LogP contribution in [0.15, 0.2) is 77.7 Å². The van der Waals surface area contributed by atoms with Crippen LogP contribution >= 0.6 is 11.6 Å². The number of carbonyl (C=O) groups is 1. The zero-order valence-electron chi connectivity index (χ0n) is 18.1. The third-order valence-electron chi connectivity index (χ3n) is 5.06. The van der Waals surface area contributed by atoms with Gasteiger partial charge in [0.25, 0.3) is 0 Å². The van der Waals surface area contributed by atoms with Crippen LogP contribution in [0.1, 0.15) is 24.1 Å². The second-order valence-electron chi connectivity index (χ2n) is 7.44. The van der Waals surface area contributed by atoms with Crippen molar-refractivity contribution in [3.63, 3.8) is 0 Å². The third-order valence-corrected chi connectivity index (χ3v) is 6.82. The molecule has 0 aliphatic heterocycles. The van der Waals surface area contributed by atoms with E-state index in [4.69, 9.17) is 16.3 Å². The number of hydrogen-bond acceptors (Lipinski definition) is 4. The average molecular weight is 491 g/mol. The molecule has 0 fully saturated rings. The molecule has 0 aromatic heterocycles. The highest BCUT2D eigenvalue weighted by molar-refractivity contribution is 7.89. The Balaban J connectivity index is 1.84. The van der Waals surface area contributed by atoms with Crippen molar-refractivity contribution in [2.75, 3.05) is 7.11 Å². The molecule has 33 heavy (non-hydrogen) atoms. The fourth-order valence-electron chi connectivity index (χ4n) is 3.26. The van der Waals surface area contributed by atoms with Gasteiger partial charge in [0.2, 0.25) is 15.9 Å². The summed E-state index contributed by atoms with van der Waals surface area (Å²) in [7, 11) is -2.65. The maximum atomic E-state index is 13.2. The Morgan fingerprint density at radius 2 is 1.73 bits per heavy atom. The van der Waals surface area contributed by atoms with E-state index in [9.17, 15) is 17.6 Å². The number of amides is 1. The quantitative estimate of drug-likeness (QED) is 0.469. The van der Waals surface area contributed by atoms with E-state index in [1.54, 1.807) is 19.1 Å². The Bertz CT molecular complexity index is 1200. The van der Waals surface area contributed by atoms with Gasteiger partial charge < -0.3 is 10.1 Å². The molecule has 174 valence electrons. The maximum absolute atomic E-state index is 13.2. The number of ether oxygens (including phenoxy) is 1. The Labute approximate surface area is 197 Å². The van der Waals surface area contributed by atoms with Crippen LogP contribution in [0.3, 0.4) is 0 Å². The third kappa shape index (κ3) is 6.54. The van der Waals surface area contributed by atoms with E-state index in [2.05, 4.69) is 10.0 Å². The van der Waals surface area contributed by atoms with Gasteiger partial charge in [-0.05, 0) is 54.8 Å². The highest BCUT2D eigenvalue weighted by atomic mass is 35.5. The van der Waals surface area contributed by atoms with Crippen LogP contribution in [0.25, 0.3) is 0 Å². The number of rotatable bonds is 9. The van der Waals surface area contributed by atoms with Crippen molar-refractivity contribution in [2.24, 2.45) is 0 Å². The van der Waals surface area contributed by atoms with Gasteiger partial charge in [-0.25, -0.2) is 12.8 Å². The normalized spacial score (nSPS) is 13.2. The molecular weight excluding hydrogens is 467 g/mol. The summed E-state index contributed by atoms with van der Waals surface area (Å²) >= 11 is 6.09. The van der Waals surface area contributed by atoms with E-state index < -0.39 is 28.0 Å². The molecule has 0 aliphatic rings. The van der Waals surface area contributed by atoms with Crippen LogP contribution < -0.4 is 14.8 Å². The van der Waals surface area contributed by atoms with Gasteiger partial charge in [0.15, 0.2) is 0 Å². The Morgan fingerprint density at radius 1 is 1.06 bits per heavy atom. The highest BCUT2D eigenvalue weighted by Crippen LogP contribution is 2.27. The van der Waals surface area contributed by atoms with E-state index >= 15 is 0 Å². The molecular formula is C24H24ClFN2O4S. The van der Waals surface area contributed by atoms with Gasteiger partial charge >= 0.3 is 0 Å². The lowest BCUT2D eigenvalue weighted by atomic mass is 10.0. The van der Waals surface area contributed by atoms with Crippen molar-refractivity contribution in [2.45, 2.75) is 30.3 Å². The summed E-state index contributed by atoms with van der Waals surface area (Å²) in [5.74, 6) is -0.564. The van der Waals surface area contributed by atoms with E-state index in [1.807, 2.05) is 30.3 Å². The largest absolute Gasteiger partial charge is 0.495 e. The Hall–Kier alpha value is -2.94. The summed E-state index contributed by atoms with van der Waals surface area (Å²) in [6.45, 7) is 1.74. The van der Waals surface area contributed by atoms with Crippen LogP contribution in [0, 0.1) is 5.82 Å². The number of carbonyl (C=O) groups excluding carboxylic acids is 1. The molecule has 6 nitrogen and oxygen atoms in total. The molecule has 0 saturated heterocycles. The lowest BCUT2D eigenvalue weighted by Crippen LogP contribution is -2.48. The van der Waals surface area contributed by atoms with Crippen LogP contribution in [-0.4, -0.2) is 27.5 Å². The number of halogens is 2. The van der Waals surface area contributed by atoms with Gasteiger partial charge in [-0.2, -0.15) is 4.72 Å². The van der Waals surface area contributed by atoms with Gasteiger partial charge in [-0.15, -0.1) is 0 Å². The summed E-state index contributed by atoms with van der Waals surface area (Å²) in [5, 5.41) is 2.94. The smallest absolute Gasteiger partial charge is 0.241 e. The first kappa shape index (κ1) is 24.7. The van der Waals surface area contributed by atoms with Crippen molar-refractivity contribution in [3.05, 3.63) is 94.8 Å². The summed E-state index contributed by atoms with van der Waals surface area (Å²) in [4.78, 5) is 13.0. The first-order valence-electron chi connectivity index (χ1n) is 10.1. The Morgan fingerprint density at radius 3 is 2.33 bits per heavy atom. The van der Waals surface area contributed by atoms with Gasteiger partial charge in [0, 0.05) is 0 Å². The Kier molecular flexibility index (Phi) is 8.07. The minimum atomic E-state index is -4.08. The standard InChI is InChI=1S/C24H24ClFN2O4S/c1-16(18-8-10-19(26)11-9-18)27-24(29)22(14-17-6-4-3-5-7-17)28-33(30,31)20-12-13-23(32-2)21(25)15-20/h3-13,15-16,22,28H,14H2,1-2H3,(H,27,29)/t16-,22+/m0/s1. The molecule has 9 heteroatoms. The van der Waals surface area contributed by atoms with E-state index in [0.717, 1.165) is 5.56 Å². The van der Waals surface area contributed by atoms with Crippen molar-refractivity contribution in [3.8, 4) is 5.75 Å². The topological polar surface area (TPSA) is 84.5 Å². The zero-order chi connectivity index (χ0) is 24.0. The number of methoxy groups -OCH3 is 1.